The van der Waals surface area contributed by atoms with Gasteiger partial charge in [-0.1, -0.05) is 11.6 Å². The van der Waals surface area contributed by atoms with E-state index in [0.29, 0.717) is 34.3 Å². The van der Waals surface area contributed by atoms with E-state index in [2.05, 4.69) is 60.1 Å². The highest BCUT2D eigenvalue weighted by Crippen LogP contribution is 2.47. The van der Waals surface area contributed by atoms with Crippen LogP contribution in [0.4, 0.5) is 5.82 Å². The van der Waals surface area contributed by atoms with Crippen molar-refractivity contribution < 1.29 is 18.7 Å². The lowest BCUT2D eigenvalue weighted by molar-refractivity contribution is 0.0888. The van der Waals surface area contributed by atoms with Crippen LogP contribution in [-0.2, 0) is 6.42 Å². The Kier molecular flexibility index (Phi) is 11.4. The predicted octanol–water partition coefficient (Wildman–Crippen LogP) is 8.43. The van der Waals surface area contributed by atoms with Crippen molar-refractivity contribution in [2.45, 2.75) is 109 Å². The Bertz CT molecular complexity index is 2740. The van der Waals surface area contributed by atoms with Crippen molar-refractivity contribution in [1.82, 2.24) is 40.2 Å². The number of nitrogens with one attached hydrogen (secondary N) is 1. The fourth-order valence-corrected chi connectivity index (χ4v) is 11.3. The summed E-state index contributed by atoms with van der Waals surface area (Å²) in [5.41, 5.74) is 4.61. The molecule has 0 radical (unpaired) electrons. The number of benzene rings is 1. The minimum Gasteiger partial charge on any atom is -0.490 e. The molecule has 10 rings (SSSR count). The molecule has 64 heavy (non-hydrogen) atoms. The van der Waals surface area contributed by atoms with Gasteiger partial charge in [0.1, 0.15) is 40.7 Å². The molecule has 1 aromatic carbocycles. The number of oxazole rings is 1. The number of carbonyl (C=O) groups excluding carboxylic acids is 1. The molecule has 2 aliphatic carbocycles. The maximum Gasteiger partial charge on any atom is 0.272 e. The third-order valence-corrected chi connectivity index (χ3v) is 14.8. The van der Waals surface area contributed by atoms with Gasteiger partial charge in [-0.3, -0.25) is 19.3 Å². The number of aryl methyl sites for hydroxylation is 2. The summed E-state index contributed by atoms with van der Waals surface area (Å²) in [5, 5.41) is 31.7. The van der Waals surface area contributed by atoms with Gasteiger partial charge in [-0.05, 0) is 126 Å². The Morgan fingerprint density at radius 3 is 2.58 bits per heavy atom. The number of fused-ring (bicyclic) bond motifs is 3. The lowest BCUT2D eigenvalue weighted by Crippen LogP contribution is -2.43. The molecule has 1 amide bonds. The van der Waals surface area contributed by atoms with Gasteiger partial charge in [-0.15, -0.1) is 31.7 Å². The molecule has 2 saturated carbocycles. The smallest absolute Gasteiger partial charge is 0.272 e. The van der Waals surface area contributed by atoms with Crippen LogP contribution < -0.4 is 19.7 Å². The summed E-state index contributed by atoms with van der Waals surface area (Å²) in [6.07, 6.45) is 13.9. The van der Waals surface area contributed by atoms with Gasteiger partial charge in [0.25, 0.3) is 5.91 Å². The maximum atomic E-state index is 13.2. The number of anilines is 1. The molecule has 2 aliphatic heterocycles. The highest BCUT2D eigenvalue weighted by molar-refractivity contribution is 7.15. The van der Waals surface area contributed by atoms with Crippen molar-refractivity contribution in [3.8, 4) is 22.6 Å². The number of rotatable bonds is 10. The number of hydrogen-bond donors (Lipinski definition) is 1. The minimum absolute atomic E-state index is 0.0216. The number of nitrogens with zero attached hydrogens (tertiary/aromatic N) is 10. The fraction of sp³-hybridized carbons (Fsp3) is 0.426. The molecule has 17 heteroatoms. The lowest BCUT2D eigenvalue weighted by Gasteiger charge is -2.41. The average molecular weight is 898 g/mol. The van der Waals surface area contributed by atoms with Gasteiger partial charge in [0.05, 0.1) is 53.0 Å². The van der Waals surface area contributed by atoms with E-state index in [0.717, 1.165) is 122 Å². The van der Waals surface area contributed by atoms with Gasteiger partial charge in [0.2, 0.25) is 0 Å². The lowest BCUT2D eigenvalue weighted by atomic mass is 9.78. The van der Waals surface area contributed by atoms with Crippen LogP contribution >= 0.6 is 22.9 Å². The van der Waals surface area contributed by atoms with Crippen LogP contribution in [0.1, 0.15) is 119 Å². The summed E-state index contributed by atoms with van der Waals surface area (Å²) in [7, 11) is 0. The van der Waals surface area contributed by atoms with Crippen molar-refractivity contribution in [2.24, 2.45) is 10.4 Å². The molecule has 1 saturated heterocycles. The van der Waals surface area contributed by atoms with Gasteiger partial charge in [-0.25, -0.2) is 4.98 Å². The molecule has 4 aliphatic rings. The Hall–Kier alpha value is -6.18. The van der Waals surface area contributed by atoms with Gasteiger partial charge in [0, 0.05) is 35.6 Å². The van der Waals surface area contributed by atoms with Crippen LogP contribution in [0, 0.1) is 37.5 Å². The van der Waals surface area contributed by atoms with Gasteiger partial charge < -0.3 is 24.1 Å². The molecule has 15 nitrogen and oxygen atoms in total. The van der Waals surface area contributed by atoms with Crippen LogP contribution in [0.5, 0.6) is 11.5 Å². The molecular weight excluding hydrogens is 850 g/mol. The molecule has 6 aromatic rings. The number of aromatic nitrogens is 7. The van der Waals surface area contributed by atoms with Crippen molar-refractivity contribution in [3.63, 3.8) is 0 Å². The Balaban J connectivity index is 0.753. The van der Waals surface area contributed by atoms with E-state index in [-0.39, 0.29) is 35.6 Å². The summed E-state index contributed by atoms with van der Waals surface area (Å²) in [6, 6.07) is 14.6. The number of piperidine rings is 1. The zero-order chi connectivity index (χ0) is 44.0. The third kappa shape index (κ3) is 8.34. The van der Waals surface area contributed by atoms with E-state index in [1.807, 2.05) is 31.3 Å². The summed E-state index contributed by atoms with van der Waals surface area (Å²) in [6.45, 7) is 8.00. The first-order valence-corrected chi connectivity index (χ1v) is 23.2. The number of amides is 1. The number of ether oxygens (including phenoxy) is 2. The van der Waals surface area contributed by atoms with E-state index >= 15 is 0 Å². The summed E-state index contributed by atoms with van der Waals surface area (Å²) < 4.78 is 20.5. The monoisotopic (exact) mass is 897 g/mol. The zero-order valence-corrected chi connectivity index (χ0v) is 37.5. The zero-order valence-electron chi connectivity index (χ0n) is 36.0. The maximum absolute atomic E-state index is 13.2. The molecule has 5 aromatic heterocycles. The number of pyridine rings is 1. The Morgan fingerprint density at radius 1 is 0.984 bits per heavy atom. The summed E-state index contributed by atoms with van der Waals surface area (Å²) >= 11 is 7.90. The molecule has 0 bridgehead atoms. The quantitative estimate of drug-likeness (QED) is 0.139. The Morgan fingerprint density at radius 2 is 1.83 bits per heavy atom. The second kappa shape index (κ2) is 17.4. The summed E-state index contributed by atoms with van der Waals surface area (Å²) in [4.78, 5) is 31.4. The van der Waals surface area contributed by atoms with Gasteiger partial charge >= 0.3 is 0 Å². The number of nitriles is 1. The van der Waals surface area contributed by atoms with E-state index in [4.69, 9.17) is 40.7 Å². The molecule has 1 spiro atoms. The van der Waals surface area contributed by atoms with Crippen molar-refractivity contribution >= 4 is 40.4 Å². The number of aliphatic imine (C=N–C) groups is 1. The second-order valence-electron chi connectivity index (χ2n) is 17.5. The van der Waals surface area contributed by atoms with E-state index < -0.39 is 0 Å². The first-order chi connectivity index (χ1) is 31.1. The predicted molar refractivity (Wildman–Crippen MR) is 241 cm³/mol. The highest BCUT2D eigenvalue weighted by Gasteiger charge is 2.43. The van der Waals surface area contributed by atoms with Gasteiger partial charge in [0.15, 0.2) is 23.2 Å². The number of carbonyl (C=O) groups is 1. The van der Waals surface area contributed by atoms with Crippen LogP contribution in [0.2, 0.25) is 5.02 Å². The molecule has 7 heterocycles. The largest absolute Gasteiger partial charge is 0.490 e. The second-order valence-corrected chi connectivity index (χ2v) is 19.1. The van der Waals surface area contributed by atoms with Crippen molar-refractivity contribution in [2.75, 3.05) is 18.0 Å². The van der Waals surface area contributed by atoms with Gasteiger partial charge in [-0.2, -0.15) is 5.26 Å². The molecule has 3 atom stereocenters. The normalized spacial score (nSPS) is 22.9. The average Bonchev–Trinajstić information content (AvgIpc) is 4.10. The van der Waals surface area contributed by atoms with Crippen LogP contribution in [0.3, 0.4) is 0 Å². The SMILES string of the molecule is Cc1sc2c(c1C)C(c1ccc(O[C@@H]3CC[C@@]4(CCCN(c5ccc(C(=O)NC6CCC(Oc7ccc(C#N)c(Cl)c7)CC6)nn5)C4)C3)cn1)=N[C@@H](Cc1ncco1)c1nnc(C)n1-2. The molecule has 3 fully saturated rings. The Labute approximate surface area is 379 Å². The first-order valence-electron chi connectivity index (χ1n) is 22.0. The molecule has 1 N–H and O–H groups in total. The number of hydrogen-bond acceptors (Lipinski definition) is 14. The summed E-state index contributed by atoms with van der Waals surface area (Å²) in [5.74, 6) is 4.10. The van der Waals surface area contributed by atoms with Crippen LogP contribution in [0.25, 0.3) is 5.00 Å². The number of thiophene rings is 1. The van der Waals surface area contributed by atoms with Crippen molar-refractivity contribution in [1.29, 1.82) is 5.26 Å². The molecule has 0 unspecified atom stereocenters. The fourth-order valence-electron chi connectivity index (χ4n) is 9.88. The minimum atomic E-state index is -0.369. The molecule has 328 valence electrons. The van der Waals surface area contributed by atoms with E-state index in [1.165, 1.54) is 4.88 Å². The van der Waals surface area contributed by atoms with E-state index in [1.54, 1.807) is 48.1 Å². The molecular formula is C47H48ClN11O4S. The third-order valence-electron chi connectivity index (χ3n) is 13.3. The standard InChI is InChI=1S/C47H48ClN11O4S/c1-27-28(2)64-46-42(27)43(53-39(22-41-50-18-20-61-41)44-57-54-29(3)59(44)46)37-12-11-35(25-51-37)63-34-15-17-47(23-34)16-4-19-58(26-47)40-14-13-38(55-56-40)45(60)52-31-6-9-32(10-7-31)62-33-8-5-30(24-49)36(48)21-33/h5,8,11-14,18,20-21,25,31-32,34,39H,4,6-7,9-10,15-17,19,22-23,26H2,1-3H3,(H,52,60)/t31?,32?,34-,39+,47+/m1/s1. The van der Waals surface area contributed by atoms with Crippen LogP contribution in [0.15, 0.2) is 70.5 Å². The topological polar surface area (TPSA) is 182 Å². The number of halogens is 1. The van der Waals surface area contributed by atoms with Crippen molar-refractivity contribution in [3.05, 3.63) is 117 Å². The van der Waals surface area contributed by atoms with Crippen LogP contribution in [-0.4, -0.2) is 77.9 Å². The first kappa shape index (κ1) is 41.8. The highest BCUT2D eigenvalue weighted by atomic mass is 35.5. The van der Waals surface area contributed by atoms with E-state index in [9.17, 15) is 4.79 Å².